The molecule has 0 aliphatic carbocycles. The molecule has 8 heteroatoms. The fraction of sp³-hybridized carbons (Fsp3) is 0.333. The summed E-state index contributed by atoms with van der Waals surface area (Å²) in [6.45, 7) is 3.57. The van der Waals surface area contributed by atoms with Crippen LogP contribution in [0.25, 0.3) is 0 Å². The molecule has 1 aliphatic heterocycles. The third kappa shape index (κ3) is 4.83. The summed E-state index contributed by atoms with van der Waals surface area (Å²) in [5.41, 5.74) is 1.01. The molecule has 1 saturated heterocycles. The number of carboxylic acids is 1. The second-order valence-electron chi connectivity index (χ2n) is 5.85. The first-order valence-electron chi connectivity index (χ1n) is 8.13. The van der Waals surface area contributed by atoms with Gasteiger partial charge in [0, 0.05) is 45.8 Å². The molecule has 0 radical (unpaired) electrons. The van der Waals surface area contributed by atoms with E-state index >= 15 is 0 Å². The highest BCUT2D eigenvalue weighted by Gasteiger charge is 2.24. The number of amides is 2. The van der Waals surface area contributed by atoms with Crippen molar-refractivity contribution in [1.29, 1.82) is 5.26 Å². The summed E-state index contributed by atoms with van der Waals surface area (Å²) in [5.74, 6) is -1.39. The summed E-state index contributed by atoms with van der Waals surface area (Å²) in [7, 11) is 0. The van der Waals surface area contributed by atoms with Crippen LogP contribution in [0.5, 0.6) is 0 Å². The van der Waals surface area contributed by atoms with Crippen molar-refractivity contribution in [1.82, 2.24) is 15.1 Å². The molecular weight excluding hydrogens is 336 g/mol. The van der Waals surface area contributed by atoms with Crippen LogP contribution in [-0.2, 0) is 16.1 Å². The van der Waals surface area contributed by atoms with Gasteiger partial charge in [0.05, 0.1) is 5.56 Å². The van der Waals surface area contributed by atoms with Gasteiger partial charge >= 0.3 is 5.97 Å². The molecule has 136 valence electrons. The Bertz CT molecular complexity index is 756. The number of nitriles is 1. The summed E-state index contributed by atoms with van der Waals surface area (Å²) in [6.07, 6.45) is 1.37. The number of carboxylic acid groups (broad SMARTS) is 1. The molecule has 2 rings (SSSR count). The third-order valence-corrected chi connectivity index (χ3v) is 4.12. The van der Waals surface area contributed by atoms with Gasteiger partial charge in [-0.25, -0.2) is 4.79 Å². The Morgan fingerprint density at radius 2 is 1.73 bits per heavy atom. The lowest BCUT2D eigenvalue weighted by Gasteiger charge is -2.34. The summed E-state index contributed by atoms with van der Waals surface area (Å²) in [4.78, 5) is 37.7. The van der Waals surface area contributed by atoms with Gasteiger partial charge in [-0.1, -0.05) is 12.1 Å². The van der Waals surface area contributed by atoms with Crippen molar-refractivity contribution in [3.05, 3.63) is 47.2 Å². The zero-order valence-corrected chi connectivity index (χ0v) is 14.4. The van der Waals surface area contributed by atoms with Gasteiger partial charge in [0.2, 0.25) is 5.91 Å². The molecule has 2 amide bonds. The number of nitrogens with zero attached hydrogens (tertiary/aromatic N) is 3. The first kappa shape index (κ1) is 19.0. The molecule has 2 N–H and O–H groups in total. The van der Waals surface area contributed by atoms with E-state index in [1.807, 2.05) is 6.07 Å². The quantitative estimate of drug-likeness (QED) is 0.589. The Labute approximate surface area is 151 Å². The van der Waals surface area contributed by atoms with Crippen LogP contribution in [0.2, 0.25) is 0 Å². The van der Waals surface area contributed by atoms with E-state index in [0.717, 1.165) is 5.56 Å². The predicted molar refractivity (Wildman–Crippen MR) is 92.8 cm³/mol. The minimum absolute atomic E-state index is 0.0107. The minimum atomic E-state index is -0.994. The number of hydrogen-bond acceptors (Lipinski definition) is 5. The number of carbonyl (C=O) groups is 3. The molecule has 26 heavy (non-hydrogen) atoms. The fourth-order valence-electron chi connectivity index (χ4n) is 2.57. The maximum Gasteiger partial charge on any atom is 0.335 e. The highest BCUT2D eigenvalue weighted by molar-refractivity contribution is 5.97. The molecule has 1 aromatic carbocycles. The Hall–Kier alpha value is -3.34. The van der Waals surface area contributed by atoms with Crippen LogP contribution in [0.1, 0.15) is 22.8 Å². The van der Waals surface area contributed by atoms with Crippen LogP contribution < -0.4 is 5.32 Å². The van der Waals surface area contributed by atoms with Crippen LogP contribution in [0.3, 0.4) is 0 Å². The molecule has 1 aromatic rings. The Morgan fingerprint density at radius 3 is 2.23 bits per heavy atom. The van der Waals surface area contributed by atoms with Crippen LogP contribution in [-0.4, -0.2) is 58.9 Å². The molecule has 1 heterocycles. The molecule has 0 bridgehead atoms. The Kier molecular flexibility index (Phi) is 6.33. The van der Waals surface area contributed by atoms with E-state index in [2.05, 4.69) is 5.32 Å². The van der Waals surface area contributed by atoms with Crippen LogP contribution in [0.15, 0.2) is 36.0 Å². The van der Waals surface area contributed by atoms with Crippen molar-refractivity contribution < 1.29 is 19.5 Å². The maximum atomic E-state index is 12.4. The van der Waals surface area contributed by atoms with Crippen molar-refractivity contribution in [2.45, 2.75) is 13.5 Å². The first-order valence-corrected chi connectivity index (χ1v) is 8.13. The number of carbonyl (C=O) groups excluding carboxylic acids is 2. The number of piperazine rings is 1. The zero-order valence-electron chi connectivity index (χ0n) is 14.4. The van der Waals surface area contributed by atoms with E-state index in [1.54, 1.807) is 21.9 Å². The normalized spacial score (nSPS) is 14.5. The molecule has 8 nitrogen and oxygen atoms in total. The number of hydrogen-bond donors (Lipinski definition) is 2. The molecule has 1 fully saturated rings. The molecule has 0 spiro atoms. The van der Waals surface area contributed by atoms with Gasteiger partial charge < -0.3 is 20.2 Å². The number of nitrogens with one attached hydrogen (secondary N) is 1. The van der Waals surface area contributed by atoms with E-state index in [0.29, 0.717) is 32.7 Å². The summed E-state index contributed by atoms with van der Waals surface area (Å²) in [6, 6.07) is 8.21. The van der Waals surface area contributed by atoms with Gasteiger partial charge in [-0.05, 0) is 17.7 Å². The third-order valence-electron chi connectivity index (χ3n) is 4.12. The van der Waals surface area contributed by atoms with E-state index < -0.39 is 5.97 Å². The number of aromatic carboxylic acids is 1. The molecular formula is C18H20N4O4. The van der Waals surface area contributed by atoms with Gasteiger partial charge in [0.25, 0.3) is 5.91 Å². The Morgan fingerprint density at radius 1 is 1.15 bits per heavy atom. The number of benzene rings is 1. The molecule has 0 atom stereocenters. The second-order valence-corrected chi connectivity index (χ2v) is 5.85. The average molecular weight is 356 g/mol. The second kappa shape index (κ2) is 8.67. The fourth-order valence-corrected chi connectivity index (χ4v) is 2.57. The average Bonchev–Trinajstić information content (AvgIpc) is 2.65. The van der Waals surface area contributed by atoms with E-state index in [9.17, 15) is 19.6 Å². The standard InChI is InChI=1S/C18H20N4O4/c1-13(23)21-6-8-22(9-7-21)17(24)16(10-19)12-20-11-14-2-4-15(5-3-14)18(25)26/h2-5,12,20H,6-9,11H2,1H3,(H,25,26)/b16-12-. The van der Waals surface area contributed by atoms with Gasteiger partial charge in [0.1, 0.15) is 11.6 Å². The predicted octanol–water partition coefficient (Wildman–Crippen LogP) is 0.573. The van der Waals surface area contributed by atoms with E-state index in [-0.39, 0.29) is 23.0 Å². The van der Waals surface area contributed by atoms with Crippen LogP contribution in [0.4, 0.5) is 0 Å². The zero-order chi connectivity index (χ0) is 19.1. The van der Waals surface area contributed by atoms with Crippen molar-refractivity contribution >= 4 is 17.8 Å². The lowest BCUT2D eigenvalue weighted by Crippen LogP contribution is -2.50. The highest BCUT2D eigenvalue weighted by Crippen LogP contribution is 2.08. The van der Waals surface area contributed by atoms with Gasteiger partial charge in [0.15, 0.2) is 0 Å². The highest BCUT2D eigenvalue weighted by atomic mass is 16.4. The van der Waals surface area contributed by atoms with Gasteiger partial charge in [-0.3, -0.25) is 9.59 Å². The molecule has 0 saturated carbocycles. The van der Waals surface area contributed by atoms with E-state index in [4.69, 9.17) is 5.11 Å². The van der Waals surface area contributed by atoms with Gasteiger partial charge in [-0.2, -0.15) is 5.26 Å². The largest absolute Gasteiger partial charge is 0.478 e. The number of rotatable bonds is 5. The van der Waals surface area contributed by atoms with Crippen LogP contribution in [0, 0.1) is 11.3 Å². The molecule has 1 aliphatic rings. The van der Waals surface area contributed by atoms with Crippen LogP contribution >= 0.6 is 0 Å². The summed E-state index contributed by atoms with van der Waals surface area (Å²) < 4.78 is 0. The monoisotopic (exact) mass is 356 g/mol. The smallest absolute Gasteiger partial charge is 0.335 e. The topological polar surface area (TPSA) is 114 Å². The minimum Gasteiger partial charge on any atom is -0.478 e. The first-order chi connectivity index (χ1) is 12.4. The summed E-state index contributed by atoms with van der Waals surface area (Å²) in [5, 5.41) is 21.0. The van der Waals surface area contributed by atoms with Crippen molar-refractivity contribution in [2.24, 2.45) is 0 Å². The van der Waals surface area contributed by atoms with Crippen molar-refractivity contribution in [2.75, 3.05) is 26.2 Å². The molecule has 0 aromatic heterocycles. The van der Waals surface area contributed by atoms with Crippen molar-refractivity contribution in [3.63, 3.8) is 0 Å². The lowest BCUT2D eigenvalue weighted by atomic mass is 10.1. The lowest BCUT2D eigenvalue weighted by molar-refractivity contribution is -0.136. The summed E-state index contributed by atoms with van der Waals surface area (Å²) >= 11 is 0. The Balaban J connectivity index is 1.91. The maximum absolute atomic E-state index is 12.4. The van der Waals surface area contributed by atoms with Gasteiger partial charge in [-0.15, -0.1) is 0 Å². The molecule has 0 unspecified atom stereocenters. The SMILES string of the molecule is CC(=O)N1CCN(C(=O)/C(C#N)=C\NCc2ccc(C(=O)O)cc2)CC1. The van der Waals surface area contributed by atoms with Crippen molar-refractivity contribution in [3.8, 4) is 6.07 Å². The van der Waals surface area contributed by atoms with E-state index in [1.165, 1.54) is 25.3 Å².